The quantitative estimate of drug-likeness (QED) is 0.273. The number of aliphatic hydroxyl groups excluding tert-OH is 4. The van der Waals surface area contributed by atoms with Crippen LogP contribution in [0.5, 0.6) is 11.5 Å². The Morgan fingerprint density at radius 3 is 2.46 bits per heavy atom. The van der Waals surface area contributed by atoms with Gasteiger partial charge in [0.1, 0.15) is 18.3 Å². The van der Waals surface area contributed by atoms with E-state index in [4.69, 9.17) is 9.47 Å². The zero-order chi connectivity index (χ0) is 17.9. The molecular weight excluding hydrogens is 324 g/mol. The SMILES string of the molecule is O=C(CCc1ccc(O)c(O)c1)O[C@H]1[C@H](O)[C@@H](O)[C@H](O)O[C@@H]1CO. The van der Waals surface area contributed by atoms with Gasteiger partial charge in [0.15, 0.2) is 23.9 Å². The number of hydrogen-bond acceptors (Lipinski definition) is 9. The lowest BCUT2D eigenvalue weighted by molar-refractivity contribution is -0.289. The maximum absolute atomic E-state index is 11.9. The molecule has 0 aromatic heterocycles. The van der Waals surface area contributed by atoms with Crippen LogP contribution >= 0.6 is 0 Å². The van der Waals surface area contributed by atoms with Crippen molar-refractivity contribution in [1.82, 2.24) is 0 Å². The van der Waals surface area contributed by atoms with Gasteiger partial charge in [-0.3, -0.25) is 4.79 Å². The molecule has 6 N–H and O–H groups in total. The minimum Gasteiger partial charge on any atom is -0.504 e. The van der Waals surface area contributed by atoms with E-state index in [1.807, 2.05) is 0 Å². The fourth-order valence-electron chi connectivity index (χ4n) is 2.39. The molecule has 0 saturated carbocycles. The fraction of sp³-hybridized carbons (Fsp3) is 0.533. The van der Waals surface area contributed by atoms with E-state index >= 15 is 0 Å². The van der Waals surface area contributed by atoms with Gasteiger partial charge < -0.3 is 40.1 Å². The summed E-state index contributed by atoms with van der Waals surface area (Å²) in [6.07, 6.45) is -7.36. The molecule has 0 amide bonds. The van der Waals surface area contributed by atoms with Crippen molar-refractivity contribution in [2.45, 2.75) is 43.5 Å². The summed E-state index contributed by atoms with van der Waals surface area (Å²) in [4.78, 5) is 11.9. The average molecular weight is 344 g/mol. The number of phenols is 2. The maximum Gasteiger partial charge on any atom is 0.306 e. The molecule has 134 valence electrons. The van der Waals surface area contributed by atoms with Gasteiger partial charge in [0.05, 0.1) is 6.61 Å². The zero-order valence-electron chi connectivity index (χ0n) is 12.6. The van der Waals surface area contributed by atoms with Crippen LogP contribution in [0.25, 0.3) is 0 Å². The van der Waals surface area contributed by atoms with Gasteiger partial charge in [-0.05, 0) is 24.1 Å². The largest absolute Gasteiger partial charge is 0.504 e. The Morgan fingerprint density at radius 1 is 1.12 bits per heavy atom. The smallest absolute Gasteiger partial charge is 0.306 e. The molecule has 1 aliphatic rings. The highest BCUT2D eigenvalue weighted by Gasteiger charge is 2.45. The second-order valence-corrected chi connectivity index (χ2v) is 5.51. The van der Waals surface area contributed by atoms with Crippen LogP contribution in [-0.2, 0) is 20.7 Å². The highest BCUT2D eigenvalue weighted by Crippen LogP contribution is 2.26. The molecule has 1 aliphatic heterocycles. The summed E-state index contributed by atoms with van der Waals surface area (Å²) >= 11 is 0. The third-order valence-corrected chi connectivity index (χ3v) is 3.76. The molecule has 0 aliphatic carbocycles. The molecule has 0 radical (unpaired) electrons. The van der Waals surface area contributed by atoms with Crippen molar-refractivity contribution < 1.29 is 44.9 Å². The van der Waals surface area contributed by atoms with E-state index < -0.39 is 43.3 Å². The molecule has 1 aromatic rings. The van der Waals surface area contributed by atoms with Crippen LogP contribution in [0.3, 0.4) is 0 Å². The number of ether oxygens (including phenoxy) is 2. The fourth-order valence-corrected chi connectivity index (χ4v) is 2.39. The first-order valence-electron chi connectivity index (χ1n) is 7.34. The predicted molar refractivity (Wildman–Crippen MR) is 78.0 cm³/mol. The van der Waals surface area contributed by atoms with Gasteiger partial charge >= 0.3 is 5.97 Å². The molecule has 1 aromatic carbocycles. The van der Waals surface area contributed by atoms with Crippen LogP contribution in [0.1, 0.15) is 12.0 Å². The summed E-state index contributed by atoms with van der Waals surface area (Å²) in [5.41, 5.74) is 0.580. The van der Waals surface area contributed by atoms with E-state index in [1.165, 1.54) is 18.2 Å². The van der Waals surface area contributed by atoms with Crippen molar-refractivity contribution in [3.63, 3.8) is 0 Å². The number of aromatic hydroxyl groups is 2. The number of esters is 1. The van der Waals surface area contributed by atoms with Crippen LogP contribution in [0.4, 0.5) is 0 Å². The van der Waals surface area contributed by atoms with E-state index in [0.29, 0.717) is 5.56 Å². The normalized spacial score (nSPS) is 30.1. The Bertz CT molecular complexity index is 574. The topological polar surface area (TPSA) is 157 Å². The predicted octanol–water partition coefficient (Wildman–Crippen LogP) is -1.63. The molecule has 5 atom stereocenters. The number of carbonyl (C=O) groups excluding carboxylic acids is 1. The first kappa shape index (κ1) is 18.4. The average Bonchev–Trinajstić information content (AvgIpc) is 2.56. The van der Waals surface area contributed by atoms with Crippen molar-refractivity contribution >= 4 is 5.97 Å². The molecule has 24 heavy (non-hydrogen) atoms. The molecule has 0 unspecified atom stereocenters. The first-order valence-corrected chi connectivity index (χ1v) is 7.34. The number of aliphatic hydroxyl groups is 4. The molecule has 1 fully saturated rings. The highest BCUT2D eigenvalue weighted by molar-refractivity contribution is 5.70. The monoisotopic (exact) mass is 344 g/mol. The van der Waals surface area contributed by atoms with Gasteiger partial charge in [0.2, 0.25) is 0 Å². The standard InChI is InChI=1S/C15H20O9/c16-6-10-14(12(20)13(21)15(22)23-10)24-11(19)4-2-7-1-3-8(17)9(18)5-7/h1,3,5,10,12-18,20-22H,2,4,6H2/t10-,12-,13-,14-,15-/m1/s1. The number of hydrogen-bond donors (Lipinski definition) is 6. The number of rotatable bonds is 5. The third-order valence-electron chi connectivity index (χ3n) is 3.76. The molecule has 0 bridgehead atoms. The van der Waals surface area contributed by atoms with E-state index in [2.05, 4.69) is 0 Å². The van der Waals surface area contributed by atoms with Crippen LogP contribution < -0.4 is 0 Å². The number of aryl methyl sites for hydroxylation is 1. The highest BCUT2D eigenvalue weighted by atomic mass is 16.7. The van der Waals surface area contributed by atoms with Crippen molar-refractivity contribution in [2.24, 2.45) is 0 Å². The minimum atomic E-state index is -1.69. The summed E-state index contributed by atoms with van der Waals surface area (Å²) in [6, 6.07) is 4.11. The van der Waals surface area contributed by atoms with Gasteiger partial charge in [0, 0.05) is 6.42 Å². The van der Waals surface area contributed by atoms with E-state index in [1.54, 1.807) is 0 Å². The summed E-state index contributed by atoms with van der Waals surface area (Å²) in [5.74, 6) is -1.31. The van der Waals surface area contributed by atoms with E-state index in [0.717, 1.165) is 0 Å². The van der Waals surface area contributed by atoms with Crippen LogP contribution in [0.15, 0.2) is 18.2 Å². The molecule has 1 saturated heterocycles. The second-order valence-electron chi connectivity index (χ2n) is 5.51. The van der Waals surface area contributed by atoms with Crippen molar-refractivity contribution in [1.29, 1.82) is 0 Å². The molecule has 2 rings (SSSR count). The van der Waals surface area contributed by atoms with Gasteiger partial charge in [0.25, 0.3) is 0 Å². The van der Waals surface area contributed by atoms with Gasteiger partial charge in [-0.1, -0.05) is 6.07 Å². The molecule has 0 spiro atoms. The molecule has 9 heteroatoms. The number of phenolic OH excluding ortho intramolecular Hbond substituents is 2. The number of carbonyl (C=O) groups is 1. The lowest BCUT2D eigenvalue weighted by atomic mass is 9.99. The third kappa shape index (κ3) is 4.13. The Hall–Kier alpha value is -1.91. The molecular formula is C15H20O9. The molecule has 1 heterocycles. The van der Waals surface area contributed by atoms with E-state index in [-0.39, 0.29) is 24.3 Å². The number of benzene rings is 1. The van der Waals surface area contributed by atoms with Gasteiger partial charge in [-0.15, -0.1) is 0 Å². The Morgan fingerprint density at radius 2 is 1.83 bits per heavy atom. The van der Waals surface area contributed by atoms with Gasteiger partial charge in [-0.25, -0.2) is 0 Å². The Kier molecular flexibility index (Phi) is 5.97. The summed E-state index contributed by atoms with van der Waals surface area (Å²) in [6.45, 7) is -0.620. The first-order chi connectivity index (χ1) is 11.3. The maximum atomic E-state index is 11.9. The zero-order valence-corrected chi connectivity index (χ0v) is 12.6. The van der Waals surface area contributed by atoms with Crippen molar-refractivity contribution in [3.8, 4) is 11.5 Å². The summed E-state index contributed by atoms with van der Waals surface area (Å²) in [7, 11) is 0. The van der Waals surface area contributed by atoms with Gasteiger partial charge in [-0.2, -0.15) is 0 Å². The Labute approximate surface area is 137 Å². The van der Waals surface area contributed by atoms with Crippen LogP contribution in [0, 0.1) is 0 Å². The molecule has 9 nitrogen and oxygen atoms in total. The second kappa shape index (κ2) is 7.77. The van der Waals surface area contributed by atoms with Crippen LogP contribution in [0.2, 0.25) is 0 Å². The summed E-state index contributed by atoms with van der Waals surface area (Å²) < 4.78 is 9.93. The lowest BCUT2D eigenvalue weighted by Gasteiger charge is -2.39. The summed E-state index contributed by atoms with van der Waals surface area (Å²) in [5, 5.41) is 56.6. The van der Waals surface area contributed by atoms with Crippen molar-refractivity contribution in [2.75, 3.05) is 6.61 Å². The van der Waals surface area contributed by atoms with Crippen LogP contribution in [-0.4, -0.2) is 73.9 Å². The minimum absolute atomic E-state index is 0.107. The lowest BCUT2D eigenvalue weighted by Crippen LogP contribution is -2.59. The van der Waals surface area contributed by atoms with Crippen molar-refractivity contribution in [3.05, 3.63) is 23.8 Å². The Balaban J connectivity index is 1.93. The van der Waals surface area contributed by atoms with E-state index in [9.17, 15) is 35.4 Å².